The molecule has 21 heavy (non-hydrogen) atoms. The van der Waals surface area contributed by atoms with Crippen LogP contribution in [0.3, 0.4) is 0 Å². The summed E-state index contributed by atoms with van der Waals surface area (Å²) in [6.45, 7) is 8.78. The van der Waals surface area contributed by atoms with E-state index in [1.165, 1.54) is 0 Å². The maximum atomic E-state index is 11.7. The molecule has 0 aromatic heterocycles. The third-order valence-electron chi connectivity index (χ3n) is 3.84. The number of rotatable bonds is 8. The van der Waals surface area contributed by atoms with E-state index < -0.39 is 5.54 Å². The van der Waals surface area contributed by atoms with E-state index in [-0.39, 0.29) is 24.3 Å². The molecule has 0 aromatic rings. The summed E-state index contributed by atoms with van der Waals surface area (Å²) in [6, 6.07) is 0. The highest BCUT2D eigenvalue weighted by Crippen LogP contribution is 2.22. The first-order valence-electron chi connectivity index (χ1n) is 8.08. The topological polar surface area (TPSA) is 70.8 Å². The third kappa shape index (κ3) is 6.76. The molecule has 0 saturated carbocycles. The fourth-order valence-corrected chi connectivity index (χ4v) is 2.72. The Morgan fingerprint density at radius 3 is 2.48 bits per heavy atom. The molecule has 0 aromatic carbocycles. The van der Waals surface area contributed by atoms with Crippen LogP contribution in [-0.2, 0) is 19.0 Å². The molecule has 0 spiro atoms. The lowest BCUT2D eigenvalue weighted by Crippen LogP contribution is -2.46. The summed E-state index contributed by atoms with van der Waals surface area (Å²) in [5.74, 6) is -0.321. The lowest BCUT2D eigenvalue weighted by Gasteiger charge is -2.32. The SMILES string of the molecule is CCOC(=O)C(C)(N)CCCCOC1CC(C)OC(C)C1. The monoisotopic (exact) mass is 301 g/mol. The van der Waals surface area contributed by atoms with Crippen LogP contribution in [0, 0.1) is 0 Å². The second-order valence-corrected chi connectivity index (χ2v) is 6.32. The minimum Gasteiger partial charge on any atom is -0.465 e. The lowest BCUT2D eigenvalue weighted by molar-refractivity contribution is -0.149. The van der Waals surface area contributed by atoms with Crippen molar-refractivity contribution in [3.63, 3.8) is 0 Å². The summed E-state index contributed by atoms with van der Waals surface area (Å²) in [6.07, 6.45) is 5.15. The Kier molecular flexibility index (Phi) is 7.63. The molecule has 1 aliphatic heterocycles. The van der Waals surface area contributed by atoms with Crippen LogP contribution in [0.1, 0.15) is 59.8 Å². The van der Waals surface area contributed by atoms with Gasteiger partial charge in [0, 0.05) is 6.61 Å². The molecule has 0 aliphatic carbocycles. The Morgan fingerprint density at radius 2 is 1.90 bits per heavy atom. The van der Waals surface area contributed by atoms with Gasteiger partial charge in [0.1, 0.15) is 5.54 Å². The van der Waals surface area contributed by atoms with Gasteiger partial charge < -0.3 is 19.9 Å². The van der Waals surface area contributed by atoms with Crippen molar-refractivity contribution in [1.82, 2.24) is 0 Å². The summed E-state index contributed by atoms with van der Waals surface area (Å²) < 4.78 is 16.6. The van der Waals surface area contributed by atoms with Gasteiger partial charge in [0.2, 0.25) is 0 Å². The first-order chi connectivity index (χ1) is 9.85. The molecule has 1 fully saturated rings. The molecule has 3 atom stereocenters. The van der Waals surface area contributed by atoms with E-state index in [1.54, 1.807) is 13.8 Å². The zero-order valence-electron chi connectivity index (χ0n) is 13.9. The van der Waals surface area contributed by atoms with Gasteiger partial charge in [-0.3, -0.25) is 4.79 Å². The van der Waals surface area contributed by atoms with Gasteiger partial charge in [0.25, 0.3) is 0 Å². The number of esters is 1. The van der Waals surface area contributed by atoms with Crippen LogP contribution in [0.5, 0.6) is 0 Å². The van der Waals surface area contributed by atoms with Gasteiger partial charge in [-0.15, -0.1) is 0 Å². The second-order valence-electron chi connectivity index (χ2n) is 6.32. The van der Waals surface area contributed by atoms with Crippen LogP contribution in [0.25, 0.3) is 0 Å². The molecule has 1 rings (SSSR count). The Hall–Kier alpha value is -0.650. The normalized spacial score (nSPS) is 28.9. The minimum absolute atomic E-state index is 0.273. The van der Waals surface area contributed by atoms with Crippen molar-refractivity contribution in [3.8, 4) is 0 Å². The fraction of sp³-hybridized carbons (Fsp3) is 0.938. The molecular weight excluding hydrogens is 270 g/mol. The first kappa shape index (κ1) is 18.4. The first-order valence-corrected chi connectivity index (χ1v) is 8.08. The highest BCUT2D eigenvalue weighted by Gasteiger charge is 2.29. The summed E-state index contributed by atoms with van der Waals surface area (Å²) in [4.78, 5) is 11.7. The number of ether oxygens (including phenoxy) is 3. The summed E-state index contributed by atoms with van der Waals surface area (Å²) in [5.41, 5.74) is 5.08. The molecule has 0 amide bonds. The standard InChI is InChI=1S/C16H31NO4/c1-5-19-15(18)16(4,17)8-6-7-9-20-14-10-12(2)21-13(3)11-14/h12-14H,5-11,17H2,1-4H3. The number of unbranched alkanes of at least 4 members (excludes halogenated alkanes) is 1. The fourth-order valence-electron chi connectivity index (χ4n) is 2.72. The summed E-state index contributed by atoms with van der Waals surface area (Å²) in [5, 5.41) is 0. The molecule has 124 valence electrons. The van der Waals surface area contributed by atoms with Gasteiger partial charge in [-0.2, -0.15) is 0 Å². The molecule has 0 radical (unpaired) electrons. The van der Waals surface area contributed by atoms with Crippen LogP contribution in [0.15, 0.2) is 0 Å². The van der Waals surface area contributed by atoms with Gasteiger partial charge in [-0.25, -0.2) is 0 Å². The zero-order valence-corrected chi connectivity index (χ0v) is 13.9. The van der Waals surface area contributed by atoms with Crippen molar-refractivity contribution in [1.29, 1.82) is 0 Å². The molecule has 2 N–H and O–H groups in total. The molecule has 5 heteroatoms. The van der Waals surface area contributed by atoms with Gasteiger partial charge >= 0.3 is 5.97 Å². The molecule has 0 bridgehead atoms. The summed E-state index contributed by atoms with van der Waals surface area (Å²) in [7, 11) is 0. The number of carbonyl (C=O) groups excluding carboxylic acids is 1. The predicted molar refractivity (Wildman–Crippen MR) is 82.1 cm³/mol. The van der Waals surface area contributed by atoms with E-state index in [2.05, 4.69) is 13.8 Å². The van der Waals surface area contributed by atoms with Crippen molar-refractivity contribution in [2.75, 3.05) is 13.2 Å². The maximum Gasteiger partial charge on any atom is 0.325 e. The van der Waals surface area contributed by atoms with Gasteiger partial charge in [-0.1, -0.05) is 0 Å². The van der Waals surface area contributed by atoms with Crippen molar-refractivity contribution < 1.29 is 19.0 Å². The third-order valence-corrected chi connectivity index (χ3v) is 3.84. The zero-order chi connectivity index (χ0) is 15.9. The smallest absolute Gasteiger partial charge is 0.325 e. The molecule has 5 nitrogen and oxygen atoms in total. The van der Waals surface area contributed by atoms with Crippen molar-refractivity contribution >= 4 is 5.97 Å². The average molecular weight is 301 g/mol. The number of carbonyl (C=O) groups is 1. The van der Waals surface area contributed by atoms with E-state index >= 15 is 0 Å². The van der Waals surface area contributed by atoms with E-state index in [0.29, 0.717) is 19.6 Å². The van der Waals surface area contributed by atoms with Crippen molar-refractivity contribution in [2.24, 2.45) is 5.73 Å². The predicted octanol–water partition coefficient (Wildman–Crippen LogP) is 2.41. The quantitative estimate of drug-likeness (QED) is 0.550. The largest absolute Gasteiger partial charge is 0.465 e. The number of nitrogens with two attached hydrogens (primary N) is 1. The van der Waals surface area contributed by atoms with Gasteiger partial charge in [0.15, 0.2) is 0 Å². The van der Waals surface area contributed by atoms with Crippen LogP contribution in [0.2, 0.25) is 0 Å². The minimum atomic E-state index is -0.891. The van der Waals surface area contributed by atoms with Crippen LogP contribution in [0.4, 0.5) is 0 Å². The number of hydrogen-bond acceptors (Lipinski definition) is 5. The van der Waals surface area contributed by atoms with Crippen LogP contribution in [-0.4, -0.2) is 43.0 Å². The van der Waals surface area contributed by atoms with Crippen LogP contribution < -0.4 is 5.73 Å². The molecule has 1 heterocycles. The highest BCUT2D eigenvalue weighted by atomic mass is 16.5. The molecule has 1 saturated heterocycles. The highest BCUT2D eigenvalue weighted by molar-refractivity contribution is 5.79. The molecule has 1 aliphatic rings. The van der Waals surface area contributed by atoms with Gasteiger partial charge in [-0.05, 0) is 59.8 Å². The maximum absolute atomic E-state index is 11.7. The van der Waals surface area contributed by atoms with E-state index in [4.69, 9.17) is 19.9 Å². The van der Waals surface area contributed by atoms with E-state index in [1.807, 2.05) is 0 Å². The van der Waals surface area contributed by atoms with E-state index in [0.717, 1.165) is 25.7 Å². The number of hydrogen-bond donors (Lipinski definition) is 1. The molecule has 3 unspecified atom stereocenters. The second kappa shape index (κ2) is 8.71. The Morgan fingerprint density at radius 1 is 1.29 bits per heavy atom. The van der Waals surface area contributed by atoms with Crippen molar-refractivity contribution in [2.45, 2.75) is 83.6 Å². The van der Waals surface area contributed by atoms with Crippen LogP contribution >= 0.6 is 0 Å². The Labute approximate surface area is 128 Å². The van der Waals surface area contributed by atoms with Crippen molar-refractivity contribution in [3.05, 3.63) is 0 Å². The summed E-state index contributed by atoms with van der Waals surface area (Å²) >= 11 is 0. The Bertz CT molecular complexity index is 309. The molecular formula is C16H31NO4. The lowest BCUT2D eigenvalue weighted by atomic mass is 9.96. The Balaban J connectivity index is 2.15. The van der Waals surface area contributed by atoms with Gasteiger partial charge in [0.05, 0.1) is 24.9 Å². The van der Waals surface area contributed by atoms with E-state index in [9.17, 15) is 4.79 Å². The average Bonchev–Trinajstić information content (AvgIpc) is 2.37.